The van der Waals surface area contributed by atoms with Gasteiger partial charge in [-0.3, -0.25) is 4.55 Å². The molecule has 0 atom stereocenters. The fourth-order valence-corrected chi connectivity index (χ4v) is 6.43. The number of fused-ring (bicyclic) bond motifs is 1. The van der Waals surface area contributed by atoms with Gasteiger partial charge in [-0.15, -0.1) is 10.2 Å². The van der Waals surface area contributed by atoms with Gasteiger partial charge in [0.05, 0.1) is 33.8 Å². The number of phenolic OH excluding ortho intramolecular Hbond substituents is 1. The molecule has 1 aromatic heterocycles. The SMILES string of the molecule is Cc1ccc(/N=N/c2c(S(=O)(=O)O)cc3cc(C)c(/N=N/c4ccc(Nc5nc(O)nc(Nc6ccc(N=Nc7ccc(O)c(C(=O)O)c7)cc6)n5)cc4)c(O)c3c2N)cc1. The number of aromatic carboxylic acids is 1. The van der Waals surface area contributed by atoms with Gasteiger partial charge in [-0.25, -0.2) is 4.79 Å². The van der Waals surface area contributed by atoms with E-state index in [-0.39, 0.29) is 56.7 Å². The second-order valence-corrected chi connectivity index (χ2v) is 14.6. The van der Waals surface area contributed by atoms with Gasteiger partial charge in [0, 0.05) is 11.4 Å². The van der Waals surface area contributed by atoms with Crippen molar-refractivity contribution in [1.82, 2.24) is 15.0 Å². The molecule has 21 heteroatoms. The first-order chi connectivity index (χ1) is 29.1. The molecule has 0 spiro atoms. The van der Waals surface area contributed by atoms with Crippen molar-refractivity contribution < 1.29 is 38.2 Å². The first kappa shape index (κ1) is 40.8. The normalized spacial score (nSPS) is 11.9. The molecule has 0 unspecified atom stereocenters. The number of aromatic nitrogens is 3. The number of nitrogens with zero attached hydrogens (tertiary/aromatic N) is 9. The number of phenols is 2. The van der Waals surface area contributed by atoms with Crippen LogP contribution in [0.2, 0.25) is 0 Å². The van der Waals surface area contributed by atoms with Crippen molar-refractivity contribution in [3.8, 4) is 17.5 Å². The minimum absolute atomic E-state index is 0.00801. The smallest absolute Gasteiger partial charge is 0.339 e. The van der Waals surface area contributed by atoms with E-state index in [1.165, 1.54) is 18.2 Å². The van der Waals surface area contributed by atoms with E-state index >= 15 is 0 Å². The number of nitrogens with one attached hydrogen (secondary N) is 2. The maximum atomic E-state index is 12.4. The lowest BCUT2D eigenvalue weighted by Crippen LogP contribution is -2.03. The minimum atomic E-state index is -4.81. The fourth-order valence-electron chi connectivity index (χ4n) is 5.76. The maximum Gasteiger partial charge on any atom is 0.339 e. The summed E-state index contributed by atoms with van der Waals surface area (Å²) in [5, 5.41) is 71.3. The first-order valence-electron chi connectivity index (χ1n) is 17.7. The van der Waals surface area contributed by atoms with Crippen LogP contribution >= 0.6 is 0 Å². The Kier molecular flexibility index (Phi) is 11.2. The van der Waals surface area contributed by atoms with Crippen molar-refractivity contribution in [2.45, 2.75) is 18.7 Å². The average Bonchev–Trinajstić information content (AvgIpc) is 3.21. The number of nitrogens with two attached hydrogens (primary N) is 1. The topological polar surface area (TPSA) is 315 Å². The lowest BCUT2D eigenvalue weighted by Gasteiger charge is -2.13. The Morgan fingerprint density at radius 1 is 0.639 bits per heavy atom. The van der Waals surface area contributed by atoms with E-state index in [9.17, 15) is 38.2 Å². The van der Waals surface area contributed by atoms with E-state index in [2.05, 4.69) is 56.3 Å². The number of carboxylic acid groups (broad SMARTS) is 1. The number of anilines is 5. The molecule has 0 bridgehead atoms. The molecule has 7 rings (SSSR count). The second-order valence-electron chi connectivity index (χ2n) is 13.2. The van der Waals surface area contributed by atoms with Crippen molar-refractivity contribution in [3.05, 3.63) is 120 Å². The van der Waals surface area contributed by atoms with E-state index < -0.39 is 32.7 Å². The molecule has 7 aromatic rings. The Hall–Kier alpha value is -8.43. The number of hydrogen-bond donors (Lipinski definition) is 8. The van der Waals surface area contributed by atoms with Crippen molar-refractivity contribution in [2.75, 3.05) is 16.4 Å². The summed E-state index contributed by atoms with van der Waals surface area (Å²) < 4.78 is 34.7. The predicted molar refractivity (Wildman–Crippen MR) is 224 cm³/mol. The van der Waals surface area contributed by atoms with Crippen LogP contribution in [0.3, 0.4) is 0 Å². The number of aromatic hydroxyl groups is 3. The van der Waals surface area contributed by atoms with Gasteiger partial charge < -0.3 is 36.8 Å². The van der Waals surface area contributed by atoms with Crippen LogP contribution in [-0.4, -0.2) is 54.3 Å². The van der Waals surface area contributed by atoms with Gasteiger partial charge in [0.2, 0.25) is 11.9 Å². The first-order valence-corrected chi connectivity index (χ1v) is 19.2. The summed E-state index contributed by atoms with van der Waals surface area (Å²) in [6.45, 7) is 3.52. The number of rotatable bonds is 12. The molecule has 20 nitrogen and oxygen atoms in total. The summed E-state index contributed by atoms with van der Waals surface area (Å²) in [6, 6.07) is 25.9. The Bertz CT molecular complexity index is 3040. The molecule has 306 valence electrons. The highest BCUT2D eigenvalue weighted by Crippen LogP contribution is 2.47. The van der Waals surface area contributed by atoms with Gasteiger partial charge in [0.1, 0.15) is 27.6 Å². The summed E-state index contributed by atoms with van der Waals surface area (Å²) in [5.41, 5.74) is 9.41. The molecule has 1 heterocycles. The number of aryl methyl sites for hydroxylation is 2. The predicted octanol–water partition coefficient (Wildman–Crippen LogP) is 10.0. The van der Waals surface area contributed by atoms with Gasteiger partial charge in [0.15, 0.2) is 5.75 Å². The molecule has 6 aromatic carbocycles. The molecule has 0 saturated carbocycles. The number of azo groups is 3. The van der Waals surface area contributed by atoms with Crippen LogP contribution in [0.5, 0.6) is 17.5 Å². The van der Waals surface area contributed by atoms with Crippen LogP contribution in [0.4, 0.5) is 63.1 Å². The van der Waals surface area contributed by atoms with Gasteiger partial charge in [-0.2, -0.15) is 43.8 Å². The quantitative estimate of drug-likeness (QED) is 0.0322. The lowest BCUT2D eigenvalue weighted by atomic mass is 10.0. The van der Waals surface area contributed by atoms with Gasteiger partial charge in [0.25, 0.3) is 10.1 Å². The highest BCUT2D eigenvalue weighted by Gasteiger charge is 2.24. The Balaban J connectivity index is 1.05. The molecular weight excluding hydrogens is 809 g/mol. The number of benzene rings is 6. The molecule has 0 radical (unpaired) electrons. The van der Waals surface area contributed by atoms with E-state index in [0.29, 0.717) is 34.0 Å². The molecule has 0 aliphatic rings. The molecule has 0 fully saturated rings. The van der Waals surface area contributed by atoms with E-state index in [1.54, 1.807) is 85.8 Å². The third-order valence-electron chi connectivity index (χ3n) is 8.74. The standard InChI is InChI=1S/C40H32N12O8S/c1-20-3-5-25(6-4-20)49-52-35-31(61(58,59)60)18-22-17-21(2)34(36(54)32(22)33(35)41)51-48-27-13-9-24(10-14-27)43-39-44-38(45-40(57)46-39)42-23-7-11-26(12-8-23)47-50-28-15-16-30(53)29(19-28)37(55)56/h3-19,53-54H,41H2,1-2H3,(H,55,56)(H,58,59,60)(H3,42,43,44,45,46,57)/b50-47?,51-48+,52-49+. The van der Waals surface area contributed by atoms with Crippen molar-refractivity contribution in [2.24, 2.45) is 30.7 Å². The summed E-state index contributed by atoms with van der Waals surface area (Å²) in [4.78, 5) is 22.8. The molecule has 9 N–H and O–H groups in total. The zero-order valence-electron chi connectivity index (χ0n) is 31.8. The lowest BCUT2D eigenvalue weighted by molar-refractivity contribution is 0.0693. The Labute approximate surface area is 345 Å². The van der Waals surface area contributed by atoms with Gasteiger partial charge in [-0.1, -0.05) is 17.7 Å². The molecule has 0 amide bonds. The highest BCUT2D eigenvalue weighted by molar-refractivity contribution is 7.86. The van der Waals surface area contributed by atoms with Crippen LogP contribution in [-0.2, 0) is 10.1 Å². The second kappa shape index (κ2) is 16.8. The van der Waals surface area contributed by atoms with E-state index in [1.807, 2.05) is 6.92 Å². The molecule has 0 saturated heterocycles. The van der Waals surface area contributed by atoms with Crippen LogP contribution in [0.25, 0.3) is 10.8 Å². The zero-order chi connectivity index (χ0) is 43.4. The largest absolute Gasteiger partial charge is 0.507 e. The monoisotopic (exact) mass is 840 g/mol. The molecule has 0 aliphatic carbocycles. The number of nitrogen functional groups attached to an aromatic ring is 1. The van der Waals surface area contributed by atoms with Crippen LogP contribution < -0.4 is 16.4 Å². The third-order valence-corrected chi connectivity index (χ3v) is 9.61. The maximum absolute atomic E-state index is 12.4. The van der Waals surface area contributed by atoms with Crippen LogP contribution in [0, 0.1) is 13.8 Å². The number of carboxylic acids is 1. The third kappa shape index (κ3) is 9.49. The summed E-state index contributed by atoms with van der Waals surface area (Å²) in [7, 11) is -4.81. The summed E-state index contributed by atoms with van der Waals surface area (Å²) >= 11 is 0. The van der Waals surface area contributed by atoms with Crippen LogP contribution in [0.1, 0.15) is 21.5 Å². The van der Waals surface area contributed by atoms with Crippen molar-refractivity contribution in [3.63, 3.8) is 0 Å². The van der Waals surface area contributed by atoms with Gasteiger partial charge in [-0.05, 0) is 116 Å². The molecular formula is C40H32N12O8S. The Morgan fingerprint density at radius 3 is 1.67 bits per heavy atom. The average molecular weight is 841 g/mol. The number of hydrogen-bond acceptors (Lipinski definition) is 18. The van der Waals surface area contributed by atoms with E-state index in [0.717, 1.165) is 11.6 Å². The Morgan fingerprint density at radius 2 is 1.13 bits per heavy atom. The van der Waals surface area contributed by atoms with Crippen LogP contribution in [0.15, 0.2) is 139 Å². The van der Waals surface area contributed by atoms with E-state index in [4.69, 9.17) is 5.73 Å². The summed E-state index contributed by atoms with van der Waals surface area (Å²) in [6.07, 6.45) is 0. The fraction of sp³-hybridized carbons (Fsp3) is 0.0500. The molecule has 61 heavy (non-hydrogen) atoms. The summed E-state index contributed by atoms with van der Waals surface area (Å²) in [5.74, 6) is -2.06. The van der Waals surface area contributed by atoms with Crippen molar-refractivity contribution in [1.29, 1.82) is 0 Å². The zero-order valence-corrected chi connectivity index (χ0v) is 32.6. The minimum Gasteiger partial charge on any atom is -0.507 e. The van der Waals surface area contributed by atoms with Gasteiger partial charge >= 0.3 is 12.0 Å². The van der Waals surface area contributed by atoms with Crippen molar-refractivity contribution >= 4 is 89.9 Å². The molecule has 0 aliphatic heterocycles. The highest BCUT2D eigenvalue weighted by atomic mass is 32.2. The number of carbonyl (C=O) groups is 1.